The van der Waals surface area contributed by atoms with Crippen LogP contribution in [0.3, 0.4) is 0 Å². The molecule has 0 fully saturated rings. The Hall–Kier alpha value is -0.210. The molecule has 0 aromatic heterocycles. The highest BCUT2D eigenvalue weighted by Crippen LogP contribution is 2.37. The Morgan fingerprint density at radius 2 is 1.68 bits per heavy atom. The quantitative estimate of drug-likeness (QED) is 0.372. The molecule has 0 unspecified atom stereocenters. The lowest BCUT2D eigenvalue weighted by molar-refractivity contribution is -0.185. The molecule has 0 radical (unpaired) electrons. The molecule has 2 aromatic rings. The SMILES string of the molecule is FC(F)(Oc1cc(Br)c(Br)c(I)c1)c1ccccc1. The third-order valence-corrected chi connectivity index (χ3v) is 5.92. The first-order valence-corrected chi connectivity index (χ1v) is 7.83. The summed E-state index contributed by atoms with van der Waals surface area (Å²) in [5.41, 5.74) is -0.177. The maximum absolute atomic E-state index is 14.0. The lowest BCUT2D eigenvalue weighted by Gasteiger charge is -2.18. The van der Waals surface area contributed by atoms with Crippen LogP contribution in [0.2, 0.25) is 0 Å². The van der Waals surface area contributed by atoms with Crippen LogP contribution >= 0.6 is 54.5 Å². The molecular weight excluding hydrogens is 497 g/mol. The highest BCUT2D eigenvalue weighted by atomic mass is 127. The van der Waals surface area contributed by atoms with Gasteiger partial charge in [-0.2, -0.15) is 8.78 Å². The lowest BCUT2D eigenvalue weighted by atomic mass is 10.2. The second kappa shape index (κ2) is 6.05. The van der Waals surface area contributed by atoms with Crippen molar-refractivity contribution in [3.8, 4) is 5.75 Å². The molecule has 1 nitrogen and oxygen atoms in total. The number of hydrogen-bond donors (Lipinski definition) is 0. The molecule has 6 heteroatoms. The molecule has 0 aliphatic carbocycles. The third-order valence-electron chi connectivity index (χ3n) is 2.31. The second-order valence-electron chi connectivity index (χ2n) is 3.69. The Morgan fingerprint density at radius 3 is 2.26 bits per heavy atom. The molecule has 0 bridgehead atoms. The molecule has 0 aliphatic heterocycles. The highest BCUT2D eigenvalue weighted by molar-refractivity contribution is 14.1. The lowest BCUT2D eigenvalue weighted by Crippen LogP contribution is -2.21. The maximum Gasteiger partial charge on any atom is 0.426 e. The molecule has 100 valence electrons. The van der Waals surface area contributed by atoms with Crippen LogP contribution < -0.4 is 4.74 Å². The van der Waals surface area contributed by atoms with Crippen LogP contribution in [-0.2, 0) is 6.11 Å². The van der Waals surface area contributed by atoms with Crippen molar-refractivity contribution in [1.82, 2.24) is 0 Å². The first kappa shape index (κ1) is 15.2. The minimum Gasteiger partial charge on any atom is -0.429 e. The van der Waals surface area contributed by atoms with Gasteiger partial charge in [0.15, 0.2) is 0 Å². The average Bonchev–Trinajstić information content (AvgIpc) is 2.36. The fourth-order valence-electron chi connectivity index (χ4n) is 1.43. The Morgan fingerprint density at radius 1 is 1.05 bits per heavy atom. The molecule has 2 rings (SSSR count). The molecule has 0 spiro atoms. The summed E-state index contributed by atoms with van der Waals surface area (Å²) in [6.07, 6.45) is -3.36. The van der Waals surface area contributed by atoms with Gasteiger partial charge < -0.3 is 4.74 Å². The number of rotatable bonds is 3. The van der Waals surface area contributed by atoms with E-state index in [0.29, 0.717) is 4.47 Å². The molecule has 0 heterocycles. The number of hydrogen-bond acceptors (Lipinski definition) is 1. The minimum absolute atomic E-state index is 0.105. The second-order valence-corrected chi connectivity index (χ2v) is 6.50. The third kappa shape index (κ3) is 3.66. The van der Waals surface area contributed by atoms with Gasteiger partial charge in [-0.05, 0) is 78.7 Å². The molecule has 0 saturated heterocycles. The number of ether oxygens (including phenoxy) is 1. The molecule has 0 saturated carbocycles. The van der Waals surface area contributed by atoms with E-state index in [0.717, 1.165) is 8.04 Å². The van der Waals surface area contributed by atoms with E-state index in [1.807, 2.05) is 22.6 Å². The van der Waals surface area contributed by atoms with Crippen molar-refractivity contribution in [2.45, 2.75) is 6.11 Å². The van der Waals surface area contributed by atoms with Gasteiger partial charge in [-0.3, -0.25) is 0 Å². The summed E-state index contributed by atoms with van der Waals surface area (Å²) in [6, 6.07) is 10.5. The van der Waals surface area contributed by atoms with Crippen molar-refractivity contribution in [3.05, 3.63) is 60.5 Å². The van der Waals surface area contributed by atoms with Gasteiger partial charge in [-0.15, -0.1) is 0 Å². The van der Waals surface area contributed by atoms with Crippen molar-refractivity contribution >= 4 is 54.5 Å². The van der Waals surface area contributed by atoms with Crippen molar-refractivity contribution in [2.75, 3.05) is 0 Å². The van der Waals surface area contributed by atoms with Crippen LogP contribution in [0.25, 0.3) is 0 Å². The Bertz CT molecular complexity index is 567. The van der Waals surface area contributed by atoms with Gasteiger partial charge in [0.25, 0.3) is 0 Å². The van der Waals surface area contributed by atoms with Gasteiger partial charge in [0.1, 0.15) is 5.75 Å². The van der Waals surface area contributed by atoms with E-state index >= 15 is 0 Å². The van der Waals surface area contributed by atoms with E-state index < -0.39 is 6.11 Å². The molecular formula is C13H7Br2F2IO. The van der Waals surface area contributed by atoms with Gasteiger partial charge in [0.2, 0.25) is 0 Å². The summed E-state index contributed by atoms with van der Waals surface area (Å²) in [7, 11) is 0. The monoisotopic (exact) mass is 502 g/mol. The Kier molecular flexibility index (Phi) is 4.84. The first-order chi connectivity index (χ1) is 8.90. The van der Waals surface area contributed by atoms with Gasteiger partial charge in [0.05, 0.1) is 5.56 Å². The highest BCUT2D eigenvalue weighted by Gasteiger charge is 2.34. The number of alkyl halides is 2. The van der Waals surface area contributed by atoms with E-state index in [2.05, 4.69) is 31.9 Å². The standard InChI is InChI=1S/C13H7Br2F2IO/c14-10-6-9(7-11(18)12(10)15)19-13(16,17)8-4-2-1-3-5-8/h1-7H. The average molecular weight is 504 g/mol. The van der Waals surface area contributed by atoms with Crippen LogP contribution in [-0.4, -0.2) is 0 Å². The zero-order valence-corrected chi connectivity index (χ0v) is 14.7. The van der Waals surface area contributed by atoms with Gasteiger partial charge in [-0.1, -0.05) is 18.2 Å². The minimum atomic E-state index is -3.36. The van der Waals surface area contributed by atoms with Gasteiger partial charge in [-0.25, -0.2) is 0 Å². The van der Waals surface area contributed by atoms with Crippen molar-refractivity contribution in [1.29, 1.82) is 0 Å². The maximum atomic E-state index is 14.0. The molecule has 0 aliphatic rings. The Balaban J connectivity index is 2.31. The van der Waals surface area contributed by atoms with Crippen LogP contribution in [0.5, 0.6) is 5.75 Å². The van der Waals surface area contributed by atoms with Crippen LogP contribution in [0.1, 0.15) is 5.56 Å². The largest absolute Gasteiger partial charge is 0.429 e. The van der Waals surface area contributed by atoms with E-state index in [1.165, 1.54) is 18.2 Å². The summed E-state index contributed by atoms with van der Waals surface area (Å²) >= 11 is 8.66. The van der Waals surface area contributed by atoms with Crippen LogP contribution in [0, 0.1) is 3.57 Å². The zero-order valence-electron chi connectivity index (χ0n) is 9.34. The fourth-order valence-corrected chi connectivity index (χ4v) is 3.07. The molecule has 0 atom stereocenters. The summed E-state index contributed by atoms with van der Waals surface area (Å²) in [4.78, 5) is 0. The smallest absolute Gasteiger partial charge is 0.426 e. The van der Waals surface area contributed by atoms with Crippen molar-refractivity contribution in [2.24, 2.45) is 0 Å². The first-order valence-electron chi connectivity index (χ1n) is 5.17. The fraction of sp³-hybridized carbons (Fsp3) is 0.0769. The zero-order chi connectivity index (χ0) is 14.0. The predicted molar refractivity (Wildman–Crippen MR) is 85.5 cm³/mol. The van der Waals surface area contributed by atoms with Crippen molar-refractivity contribution in [3.63, 3.8) is 0 Å². The van der Waals surface area contributed by atoms with E-state index in [1.54, 1.807) is 24.3 Å². The normalized spacial score (nSPS) is 11.4. The molecule has 0 amide bonds. The van der Waals surface area contributed by atoms with E-state index in [9.17, 15) is 8.78 Å². The van der Waals surface area contributed by atoms with Gasteiger partial charge >= 0.3 is 6.11 Å². The molecule has 0 N–H and O–H groups in total. The molecule has 19 heavy (non-hydrogen) atoms. The number of halogens is 5. The predicted octanol–water partition coefficient (Wildman–Crippen LogP) is 5.94. The van der Waals surface area contributed by atoms with E-state index in [-0.39, 0.29) is 11.3 Å². The van der Waals surface area contributed by atoms with Gasteiger partial charge in [0, 0.05) is 12.5 Å². The van der Waals surface area contributed by atoms with Crippen molar-refractivity contribution < 1.29 is 13.5 Å². The summed E-state index contributed by atoms with van der Waals surface area (Å²) in [5, 5.41) is 0. The Labute approximate surface area is 139 Å². The summed E-state index contributed by atoms with van der Waals surface area (Å²) in [5.74, 6) is 0.105. The van der Waals surface area contributed by atoms with Crippen LogP contribution in [0.4, 0.5) is 8.78 Å². The summed E-state index contributed by atoms with van der Waals surface area (Å²) in [6.45, 7) is 0. The van der Waals surface area contributed by atoms with Crippen LogP contribution in [0.15, 0.2) is 51.4 Å². The summed E-state index contributed by atoms with van der Waals surface area (Å²) < 4.78 is 35.0. The number of benzene rings is 2. The molecule has 2 aromatic carbocycles. The van der Waals surface area contributed by atoms with E-state index in [4.69, 9.17) is 4.74 Å². The topological polar surface area (TPSA) is 9.23 Å².